The van der Waals surface area contributed by atoms with Crippen LogP contribution >= 0.6 is 27.5 Å². The molecule has 1 heterocycles. The molecule has 0 unspecified atom stereocenters. The van der Waals surface area contributed by atoms with E-state index in [1.165, 1.54) is 22.9 Å². The van der Waals surface area contributed by atoms with Gasteiger partial charge >= 0.3 is 0 Å². The molecule has 0 aliphatic rings. The lowest BCUT2D eigenvalue weighted by molar-refractivity contribution is -0.255. The second-order valence-corrected chi connectivity index (χ2v) is 6.62. The fraction of sp³-hybridized carbons (Fsp3) is 0. The first kappa shape index (κ1) is 17.3. The van der Waals surface area contributed by atoms with Crippen molar-refractivity contribution in [3.05, 3.63) is 84.0 Å². The first-order chi connectivity index (χ1) is 11.9. The van der Waals surface area contributed by atoms with Crippen molar-refractivity contribution >= 4 is 46.2 Å². The van der Waals surface area contributed by atoms with Crippen molar-refractivity contribution in [2.45, 2.75) is 0 Å². The van der Waals surface area contributed by atoms with Crippen molar-refractivity contribution in [2.75, 3.05) is 0 Å². The molecule has 0 amide bonds. The molecule has 0 aliphatic carbocycles. The van der Waals surface area contributed by atoms with Crippen LogP contribution in [-0.4, -0.2) is 15.7 Å². The van der Waals surface area contributed by atoms with E-state index in [-0.39, 0.29) is 16.1 Å². The molecule has 7 heteroatoms. The number of aromatic carboxylic acids is 1. The summed E-state index contributed by atoms with van der Waals surface area (Å²) in [6.07, 6.45) is 1.71. The third kappa shape index (κ3) is 3.45. The van der Waals surface area contributed by atoms with Gasteiger partial charge in [-0.15, -0.1) is 0 Å². The number of carboxylic acids is 1. The summed E-state index contributed by atoms with van der Waals surface area (Å²) in [6, 6.07) is 11.7. The Hall–Kier alpha value is -2.57. The highest BCUT2D eigenvalue weighted by molar-refractivity contribution is 9.10. The van der Waals surface area contributed by atoms with Crippen LogP contribution in [0.15, 0.2) is 51.7 Å². The topological polar surface area (TPSA) is 77.9 Å². The minimum Gasteiger partial charge on any atom is -0.545 e. The fourth-order valence-corrected chi connectivity index (χ4v) is 3.01. The average molecular weight is 419 g/mol. The van der Waals surface area contributed by atoms with E-state index < -0.39 is 5.97 Å². The number of nitrogens with one attached hydrogen (secondary N) is 1. The van der Waals surface area contributed by atoms with Crippen LogP contribution in [0.5, 0.6) is 0 Å². The Bertz CT molecular complexity index is 1150. The van der Waals surface area contributed by atoms with Gasteiger partial charge in [0.15, 0.2) is 0 Å². The van der Waals surface area contributed by atoms with Crippen molar-refractivity contribution < 1.29 is 9.90 Å². The number of aromatic amines is 1. The van der Waals surface area contributed by atoms with Crippen LogP contribution in [0.4, 0.5) is 0 Å². The summed E-state index contributed by atoms with van der Waals surface area (Å²) in [7, 11) is 0. The smallest absolute Gasteiger partial charge is 0.279 e. The molecule has 3 aromatic rings. The van der Waals surface area contributed by atoms with Crippen molar-refractivity contribution in [1.29, 1.82) is 0 Å². The molecule has 5 nitrogen and oxygen atoms in total. The highest BCUT2D eigenvalue weighted by Gasteiger charge is 2.08. The molecule has 0 spiro atoms. The van der Waals surface area contributed by atoms with E-state index in [2.05, 4.69) is 27.6 Å². The van der Waals surface area contributed by atoms with Gasteiger partial charge in [-0.2, -0.15) is 0 Å². The molecule has 0 saturated carbocycles. The van der Waals surface area contributed by atoms with Gasteiger partial charge in [0.2, 0.25) is 0 Å². The zero-order valence-electron chi connectivity index (χ0n) is 12.8. The van der Waals surface area contributed by atoms with Gasteiger partial charge in [-0.25, -0.2) is 4.68 Å². The Balaban J connectivity index is 2.19. The summed E-state index contributed by atoms with van der Waals surface area (Å²) in [5.74, 6) is -1.41. The van der Waals surface area contributed by atoms with Gasteiger partial charge in [0.05, 0.1) is 22.2 Å². The summed E-state index contributed by atoms with van der Waals surface area (Å²) in [6.45, 7) is 3.85. The van der Waals surface area contributed by atoms with E-state index in [1.807, 2.05) is 24.3 Å². The Morgan fingerprint density at radius 3 is 2.72 bits per heavy atom. The minimum absolute atomic E-state index is 0.0409. The largest absolute Gasteiger partial charge is 0.545 e. The fourth-order valence-electron chi connectivity index (χ4n) is 2.40. The van der Waals surface area contributed by atoms with Crippen molar-refractivity contribution in [1.82, 2.24) is 9.78 Å². The van der Waals surface area contributed by atoms with Crippen LogP contribution in [0.25, 0.3) is 18.3 Å². The highest BCUT2D eigenvalue weighted by atomic mass is 79.9. The number of H-pyrrole nitrogens is 1. The number of halogens is 2. The van der Waals surface area contributed by atoms with Crippen LogP contribution in [0.2, 0.25) is 5.02 Å². The molecule has 3 rings (SSSR count). The zero-order valence-corrected chi connectivity index (χ0v) is 15.1. The van der Waals surface area contributed by atoms with Gasteiger partial charge in [0.1, 0.15) is 0 Å². The van der Waals surface area contributed by atoms with E-state index in [0.717, 1.165) is 10.0 Å². The third-order valence-electron chi connectivity index (χ3n) is 3.59. The maximum absolute atomic E-state index is 12.7. The number of nitrogens with zero attached hydrogens (tertiary/aromatic N) is 1. The van der Waals surface area contributed by atoms with E-state index in [4.69, 9.17) is 11.6 Å². The zero-order chi connectivity index (χ0) is 18.1. The minimum atomic E-state index is -1.41. The second-order valence-electron chi connectivity index (χ2n) is 5.30. The number of benzene rings is 2. The van der Waals surface area contributed by atoms with E-state index in [1.54, 1.807) is 6.08 Å². The molecular weight excluding hydrogens is 408 g/mol. The first-order valence-corrected chi connectivity index (χ1v) is 8.32. The Morgan fingerprint density at radius 1 is 1.28 bits per heavy atom. The molecule has 0 aliphatic heterocycles. The molecule has 1 aromatic heterocycles. The molecule has 0 bridgehead atoms. The van der Waals surface area contributed by atoms with Gasteiger partial charge in [0.25, 0.3) is 5.56 Å². The lowest BCUT2D eigenvalue weighted by atomic mass is 10.2. The van der Waals surface area contributed by atoms with Crippen LogP contribution in [-0.2, 0) is 0 Å². The van der Waals surface area contributed by atoms with Gasteiger partial charge in [-0.05, 0) is 42.0 Å². The van der Waals surface area contributed by atoms with Crippen molar-refractivity contribution in [2.24, 2.45) is 0 Å². The second kappa shape index (κ2) is 6.74. The maximum Gasteiger partial charge on any atom is 0.279 e. The van der Waals surface area contributed by atoms with Gasteiger partial charge in [-0.1, -0.05) is 46.2 Å². The molecule has 25 heavy (non-hydrogen) atoms. The maximum atomic E-state index is 12.7. The molecule has 1 N–H and O–H groups in total. The van der Waals surface area contributed by atoms with Crippen LogP contribution in [0.1, 0.15) is 15.9 Å². The molecule has 0 radical (unpaired) electrons. The standard InChI is InChI=1S/C18H12BrClN2O3/c1-10-14(8-11-3-2-4-12(19)7-11)17(23)22(21-10)13-5-6-16(20)15(9-13)18(24)25/h2-9,21H,1H2,(H,24,25)/p-1/b14-8-. The normalized spacial score (nSPS) is 11.7. The number of hydrogen-bond acceptors (Lipinski definition) is 3. The summed E-state index contributed by atoms with van der Waals surface area (Å²) in [4.78, 5) is 23.8. The predicted molar refractivity (Wildman–Crippen MR) is 98.2 cm³/mol. The first-order valence-electron chi connectivity index (χ1n) is 7.15. The lowest BCUT2D eigenvalue weighted by Gasteiger charge is -2.08. The number of carbonyl (C=O) groups excluding carboxylic acids is 1. The third-order valence-corrected chi connectivity index (χ3v) is 4.42. The van der Waals surface area contributed by atoms with Gasteiger partial charge < -0.3 is 9.90 Å². The highest BCUT2D eigenvalue weighted by Crippen LogP contribution is 2.18. The number of carbonyl (C=O) groups is 1. The van der Waals surface area contributed by atoms with Crippen molar-refractivity contribution in [3.8, 4) is 5.69 Å². The Morgan fingerprint density at radius 2 is 2.04 bits per heavy atom. The van der Waals surface area contributed by atoms with Gasteiger partial charge in [0, 0.05) is 15.1 Å². The monoisotopic (exact) mass is 417 g/mol. The van der Waals surface area contributed by atoms with Crippen LogP contribution in [0.3, 0.4) is 0 Å². The quantitative estimate of drug-likeness (QED) is 0.694. The van der Waals surface area contributed by atoms with Crippen LogP contribution < -0.4 is 21.2 Å². The number of carboxylic acid groups (broad SMARTS) is 1. The summed E-state index contributed by atoms with van der Waals surface area (Å²) < 4.78 is 2.11. The molecular formula is C18H11BrClN2O3-. The summed E-state index contributed by atoms with van der Waals surface area (Å²) in [5.41, 5.74) is 0.613. The molecule has 2 aromatic carbocycles. The Kier molecular flexibility index (Phi) is 4.65. The molecule has 0 fully saturated rings. The molecule has 0 atom stereocenters. The SMILES string of the molecule is C=c1[nH]n(-c2ccc(Cl)c(C(=O)[O-])c2)c(=O)/c1=C\c1cccc(Br)c1. The van der Waals surface area contributed by atoms with E-state index in [9.17, 15) is 14.7 Å². The molecule has 126 valence electrons. The van der Waals surface area contributed by atoms with Crippen molar-refractivity contribution in [3.63, 3.8) is 0 Å². The summed E-state index contributed by atoms with van der Waals surface area (Å²) in [5, 5.41) is 14.8. The number of rotatable bonds is 3. The summed E-state index contributed by atoms with van der Waals surface area (Å²) >= 11 is 9.22. The van der Waals surface area contributed by atoms with Gasteiger partial charge in [-0.3, -0.25) is 9.89 Å². The van der Waals surface area contributed by atoms with Crippen LogP contribution in [0, 0.1) is 0 Å². The van der Waals surface area contributed by atoms with E-state index >= 15 is 0 Å². The Labute approximate surface area is 155 Å². The number of aromatic nitrogens is 2. The van der Waals surface area contributed by atoms with E-state index in [0.29, 0.717) is 16.3 Å². The predicted octanol–water partition coefficient (Wildman–Crippen LogP) is 1.18. The average Bonchev–Trinajstić information content (AvgIpc) is 2.83. The lowest BCUT2D eigenvalue weighted by Crippen LogP contribution is -2.34. The molecule has 0 saturated heterocycles. The number of hydrogen-bond donors (Lipinski definition) is 1.